The molecule has 2 amide bonds. The highest BCUT2D eigenvalue weighted by Crippen LogP contribution is 2.44. The van der Waals surface area contributed by atoms with Gasteiger partial charge >= 0.3 is 12.1 Å². The number of carboxylic acid groups (broad SMARTS) is 1. The molecule has 1 aliphatic carbocycles. The summed E-state index contributed by atoms with van der Waals surface area (Å²) < 4.78 is 5.56. The fourth-order valence-corrected chi connectivity index (χ4v) is 4.20. The van der Waals surface area contributed by atoms with E-state index in [4.69, 9.17) is 4.74 Å². The van der Waals surface area contributed by atoms with Crippen molar-refractivity contribution in [2.45, 2.75) is 31.3 Å². The summed E-state index contributed by atoms with van der Waals surface area (Å²) in [5.74, 6) is -1.80. The second-order valence-corrected chi connectivity index (χ2v) is 8.27. The standard InChI is InChI=1S/C25H26N4O5/c1-15(24(31)32)29(2)23(30)22(11-16-12-26-14-27-16)28-25(33)34-13-21-19-9-5-3-7-17(19)18-8-4-6-10-20(18)21/h3-10,12,14-15,21-22H,11,13H2,1-2H3,(H,26,27)(H,28,33)(H,31,32). The highest BCUT2D eigenvalue weighted by Gasteiger charge is 2.32. The third-order valence-electron chi connectivity index (χ3n) is 6.20. The van der Waals surface area contributed by atoms with E-state index in [1.165, 1.54) is 20.3 Å². The fourth-order valence-electron chi connectivity index (χ4n) is 4.20. The second kappa shape index (κ2) is 9.78. The van der Waals surface area contributed by atoms with E-state index in [0.29, 0.717) is 5.69 Å². The summed E-state index contributed by atoms with van der Waals surface area (Å²) in [6.07, 6.45) is 2.37. The Morgan fingerprint density at radius 1 is 1.12 bits per heavy atom. The Hall–Kier alpha value is -4.14. The lowest BCUT2D eigenvalue weighted by atomic mass is 9.98. The predicted molar refractivity (Wildman–Crippen MR) is 124 cm³/mol. The number of ether oxygens (including phenoxy) is 1. The molecule has 1 aromatic heterocycles. The van der Waals surface area contributed by atoms with Crippen LogP contribution in [0.25, 0.3) is 11.1 Å². The van der Waals surface area contributed by atoms with Gasteiger partial charge in [0.25, 0.3) is 0 Å². The number of carbonyl (C=O) groups is 3. The number of nitrogens with one attached hydrogen (secondary N) is 2. The van der Waals surface area contributed by atoms with E-state index >= 15 is 0 Å². The van der Waals surface area contributed by atoms with Crippen LogP contribution in [0.2, 0.25) is 0 Å². The number of imidazole rings is 1. The number of aromatic nitrogens is 2. The smallest absolute Gasteiger partial charge is 0.407 e. The van der Waals surface area contributed by atoms with Crippen LogP contribution in [-0.2, 0) is 20.7 Å². The number of aromatic amines is 1. The average Bonchev–Trinajstić information content (AvgIpc) is 3.47. The molecule has 0 saturated carbocycles. The summed E-state index contributed by atoms with van der Waals surface area (Å²) in [5, 5.41) is 11.9. The molecule has 3 N–H and O–H groups in total. The summed E-state index contributed by atoms with van der Waals surface area (Å²) in [7, 11) is 1.39. The van der Waals surface area contributed by atoms with Crippen molar-refractivity contribution in [3.63, 3.8) is 0 Å². The predicted octanol–water partition coefficient (Wildman–Crippen LogP) is 2.79. The Labute approximate surface area is 196 Å². The van der Waals surface area contributed by atoms with Crippen molar-refractivity contribution in [2.24, 2.45) is 0 Å². The largest absolute Gasteiger partial charge is 0.480 e. The van der Waals surface area contributed by atoms with Crippen LogP contribution >= 0.6 is 0 Å². The molecule has 0 fully saturated rings. The quantitative estimate of drug-likeness (QED) is 0.473. The third-order valence-corrected chi connectivity index (χ3v) is 6.20. The second-order valence-electron chi connectivity index (χ2n) is 8.27. The van der Waals surface area contributed by atoms with Crippen molar-refractivity contribution in [2.75, 3.05) is 13.7 Å². The van der Waals surface area contributed by atoms with Crippen molar-refractivity contribution in [3.05, 3.63) is 77.9 Å². The van der Waals surface area contributed by atoms with E-state index in [-0.39, 0.29) is 18.9 Å². The van der Waals surface area contributed by atoms with E-state index in [1.54, 1.807) is 6.20 Å². The molecule has 0 saturated heterocycles. The van der Waals surface area contributed by atoms with Crippen molar-refractivity contribution in [1.82, 2.24) is 20.2 Å². The molecule has 34 heavy (non-hydrogen) atoms. The Morgan fingerprint density at radius 3 is 2.29 bits per heavy atom. The monoisotopic (exact) mass is 462 g/mol. The number of nitrogens with zero attached hydrogens (tertiary/aromatic N) is 2. The normalized spacial score (nSPS) is 13.9. The molecule has 4 rings (SSSR count). The van der Waals surface area contributed by atoms with Crippen LogP contribution in [0.5, 0.6) is 0 Å². The number of aliphatic carboxylic acids is 1. The van der Waals surface area contributed by atoms with Crippen LogP contribution in [0.4, 0.5) is 4.79 Å². The minimum Gasteiger partial charge on any atom is -0.480 e. The van der Waals surface area contributed by atoms with E-state index < -0.39 is 30.1 Å². The van der Waals surface area contributed by atoms with E-state index in [2.05, 4.69) is 15.3 Å². The lowest BCUT2D eigenvalue weighted by molar-refractivity contribution is -0.148. The first-order valence-corrected chi connectivity index (χ1v) is 10.9. The minimum absolute atomic E-state index is 0.103. The zero-order valence-corrected chi connectivity index (χ0v) is 18.9. The van der Waals surface area contributed by atoms with Crippen molar-refractivity contribution < 1.29 is 24.2 Å². The first-order valence-electron chi connectivity index (χ1n) is 10.9. The molecule has 0 spiro atoms. The van der Waals surface area contributed by atoms with Crippen molar-refractivity contribution >= 4 is 18.0 Å². The Kier molecular flexibility index (Phi) is 6.62. The highest BCUT2D eigenvalue weighted by atomic mass is 16.5. The van der Waals surface area contributed by atoms with Gasteiger partial charge in [0.15, 0.2) is 0 Å². The Bertz CT molecular complexity index is 1150. The molecule has 2 unspecified atom stereocenters. The van der Waals surface area contributed by atoms with Gasteiger partial charge < -0.3 is 25.0 Å². The molecule has 9 nitrogen and oxygen atoms in total. The number of benzene rings is 2. The van der Waals surface area contributed by atoms with Crippen LogP contribution < -0.4 is 5.32 Å². The third kappa shape index (κ3) is 4.63. The Morgan fingerprint density at radius 2 is 1.74 bits per heavy atom. The molecule has 0 bridgehead atoms. The molecule has 2 atom stereocenters. The number of hydrogen-bond acceptors (Lipinski definition) is 5. The SMILES string of the molecule is CC(C(=O)O)N(C)C(=O)C(Cc1cnc[nH]1)NC(=O)OCC1c2ccccc2-c2ccccc21. The topological polar surface area (TPSA) is 125 Å². The van der Waals surface area contributed by atoms with Crippen LogP contribution in [0, 0.1) is 0 Å². The highest BCUT2D eigenvalue weighted by molar-refractivity contribution is 5.89. The number of likely N-dealkylation sites (N-methyl/N-ethyl adjacent to an activating group) is 1. The molecule has 0 radical (unpaired) electrons. The fraction of sp³-hybridized carbons (Fsp3) is 0.280. The lowest BCUT2D eigenvalue weighted by Crippen LogP contribution is -2.52. The van der Waals surface area contributed by atoms with E-state index in [9.17, 15) is 19.5 Å². The Balaban J connectivity index is 1.47. The van der Waals surface area contributed by atoms with Gasteiger partial charge in [0.2, 0.25) is 5.91 Å². The number of carboxylic acids is 1. The van der Waals surface area contributed by atoms with Crippen LogP contribution in [0.15, 0.2) is 61.1 Å². The number of carbonyl (C=O) groups excluding carboxylic acids is 2. The van der Waals surface area contributed by atoms with Gasteiger partial charge in [-0.2, -0.15) is 0 Å². The van der Waals surface area contributed by atoms with Crippen molar-refractivity contribution in [3.8, 4) is 11.1 Å². The minimum atomic E-state index is -1.14. The number of H-pyrrole nitrogens is 1. The van der Waals surface area contributed by atoms with Gasteiger partial charge in [-0.15, -0.1) is 0 Å². The molecular formula is C25H26N4O5. The zero-order valence-electron chi connectivity index (χ0n) is 18.9. The molecule has 2 aromatic carbocycles. The molecule has 3 aromatic rings. The molecule has 0 aliphatic heterocycles. The average molecular weight is 463 g/mol. The molecular weight excluding hydrogens is 436 g/mol. The first-order chi connectivity index (χ1) is 16.4. The van der Waals surface area contributed by atoms with Gasteiger partial charge in [0, 0.05) is 31.3 Å². The number of rotatable bonds is 8. The van der Waals surface area contributed by atoms with Crippen LogP contribution in [-0.4, -0.2) is 63.7 Å². The van der Waals surface area contributed by atoms with E-state index in [1.807, 2.05) is 48.5 Å². The van der Waals surface area contributed by atoms with Gasteiger partial charge in [-0.25, -0.2) is 14.6 Å². The van der Waals surface area contributed by atoms with Crippen LogP contribution in [0.1, 0.15) is 29.7 Å². The number of hydrogen-bond donors (Lipinski definition) is 3. The molecule has 9 heteroatoms. The maximum atomic E-state index is 13.0. The van der Waals surface area contributed by atoms with Gasteiger partial charge in [0.05, 0.1) is 6.33 Å². The van der Waals surface area contributed by atoms with Crippen LogP contribution in [0.3, 0.4) is 0 Å². The van der Waals surface area contributed by atoms with E-state index in [0.717, 1.165) is 27.2 Å². The number of amides is 2. The molecule has 1 heterocycles. The summed E-state index contributed by atoms with van der Waals surface area (Å²) in [6, 6.07) is 13.9. The summed E-state index contributed by atoms with van der Waals surface area (Å²) in [5.41, 5.74) is 5.01. The zero-order chi connectivity index (χ0) is 24.2. The van der Waals surface area contributed by atoms with Gasteiger partial charge in [-0.1, -0.05) is 48.5 Å². The molecule has 176 valence electrons. The maximum Gasteiger partial charge on any atom is 0.407 e. The maximum absolute atomic E-state index is 13.0. The van der Waals surface area contributed by atoms with Gasteiger partial charge in [-0.3, -0.25) is 4.79 Å². The number of alkyl carbamates (subject to hydrolysis) is 1. The molecule has 1 aliphatic rings. The van der Waals surface area contributed by atoms with Gasteiger partial charge in [-0.05, 0) is 29.2 Å². The summed E-state index contributed by atoms with van der Waals surface area (Å²) in [4.78, 5) is 45.0. The lowest BCUT2D eigenvalue weighted by Gasteiger charge is -2.27. The van der Waals surface area contributed by atoms with Crippen molar-refractivity contribution in [1.29, 1.82) is 0 Å². The first kappa shape index (κ1) is 23.0. The summed E-state index contributed by atoms with van der Waals surface area (Å²) >= 11 is 0. The summed E-state index contributed by atoms with van der Waals surface area (Å²) in [6.45, 7) is 1.51. The number of fused-ring (bicyclic) bond motifs is 3. The van der Waals surface area contributed by atoms with Gasteiger partial charge in [0.1, 0.15) is 18.7 Å².